The predicted octanol–water partition coefficient (Wildman–Crippen LogP) is 0.153. The van der Waals surface area contributed by atoms with Crippen LogP contribution in [-0.4, -0.2) is 58.8 Å². The van der Waals surface area contributed by atoms with E-state index >= 15 is 0 Å². The average Bonchev–Trinajstić information content (AvgIpc) is 2.77. The molecule has 1 aliphatic heterocycles. The monoisotopic (exact) mass is 408 g/mol. The van der Waals surface area contributed by atoms with Crippen molar-refractivity contribution in [3.8, 4) is 0 Å². The maximum absolute atomic E-state index is 12.5. The summed E-state index contributed by atoms with van der Waals surface area (Å²) in [4.78, 5) is 46.0. The van der Waals surface area contributed by atoms with Crippen LogP contribution >= 0.6 is 0 Å². The third-order valence-electron chi connectivity index (χ3n) is 5.31. The van der Waals surface area contributed by atoms with Crippen LogP contribution in [0.25, 0.3) is 10.8 Å². The van der Waals surface area contributed by atoms with Crippen molar-refractivity contribution in [3.05, 3.63) is 68.9 Å². The van der Waals surface area contributed by atoms with Crippen molar-refractivity contribution >= 4 is 22.5 Å². The molecule has 9 nitrogen and oxygen atoms in total. The van der Waals surface area contributed by atoms with E-state index in [1.54, 1.807) is 30.5 Å². The Hall–Kier alpha value is -3.46. The van der Waals surface area contributed by atoms with E-state index in [2.05, 4.69) is 32.2 Å². The first-order chi connectivity index (χ1) is 14.5. The maximum Gasteiger partial charge on any atom is 0.273 e. The van der Waals surface area contributed by atoms with E-state index in [9.17, 15) is 14.4 Å². The summed E-state index contributed by atoms with van der Waals surface area (Å²) in [5.74, 6) is 0.533. The number of amides is 1. The highest BCUT2D eigenvalue weighted by Gasteiger charge is 2.15. The summed E-state index contributed by atoms with van der Waals surface area (Å²) in [6.45, 7) is 3.86. The standard InChI is InChI=1S/C21H24N6O3/c1-25-8-10-26(11-9-25)18-12-15(6-7-22-18)13-23-19(28)14-27-21(30)17-5-3-2-4-16(17)20(29)24-27/h2-7,12H,8-11,13-14H2,1H3,(H,23,28)(H,24,29). The quantitative estimate of drug-likeness (QED) is 0.623. The molecule has 1 amide bonds. The third-order valence-corrected chi connectivity index (χ3v) is 5.31. The second-order valence-corrected chi connectivity index (χ2v) is 7.47. The summed E-state index contributed by atoms with van der Waals surface area (Å²) in [6.07, 6.45) is 1.74. The number of hydrogen-bond acceptors (Lipinski definition) is 6. The van der Waals surface area contributed by atoms with E-state index in [1.807, 2.05) is 12.1 Å². The molecule has 0 saturated carbocycles. The molecule has 9 heteroatoms. The number of fused-ring (bicyclic) bond motifs is 1. The molecule has 0 spiro atoms. The van der Waals surface area contributed by atoms with E-state index in [0.29, 0.717) is 17.3 Å². The summed E-state index contributed by atoms with van der Waals surface area (Å²) < 4.78 is 1.04. The lowest BCUT2D eigenvalue weighted by Gasteiger charge is -2.33. The minimum atomic E-state index is -0.401. The Morgan fingerprint density at radius 2 is 1.83 bits per heavy atom. The number of likely N-dealkylation sites (N-methyl/N-ethyl adjacent to an activating group) is 1. The fourth-order valence-electron chi connectivity index (χ4n) is 3.54. The molecule has 1 fully saturated rings. The number of nitrogens with one attached hydrogen (secondary N) is 2. The number of aromatic amines is 1. The summed E-state index contributed by atoms with van der Waals surface area (Å²) in [7, 11) is 2.10. The first-order valence-electron chi connectivity index (χ1n) is 9.88. The second-order valence-electron chi connectivity index (χ2n) is 7.47. The maximum atomic E-state index is 12.5. The van der Waals surface area contributed by atoms with Gasteiger partial charge in [-0.3, -0.25) is 19.5 Å². The molecule has 0 aliphatic carbocycles. The molecule has 0 unspecified atom stereocenters. The molecule has 0 radical (unpaired) electrons. The summed E-state index contributed by atoms with van der Waals surface area (Å²) in [5, 5.41) is 5.88. The normalized spacial score (nSPS) is 14.8. The van der Waals surface area contributed by atoms with E-state index in [0.717, 1.165) is 42.2 Å². The molecule has 1 aliphatic rings. The number of benzene rings is 1. The first kappa shape index (κ1) is 19.8. The van der Waals surface area contributed by atoms with Crippen LogP contribution < -0.4 is 21.3 Å². The van der Waals surface area contributed by atoms with E-state index < -0.39 is 11.1 Å². The highest BCUT2D eigenvalue weighted by atomic mass is 16.2. The number of carbonyl (C=O) groups is 1. The van der Waals surface area contributed by atoms with E-state index in [-0.39, 0.29) is 12.5 Å². The molecule has 3 heterocycles. The summed E-state index contributed by atoms with van der Waals surface area (Å²) in [6, 6.07) is 10.4. The number of H-pyrrole nitrogens is 1. The third kappa shape index (κ3) is 4.25. The number of aromatic nitrogens is 3. The van der Waals surface area contributed by atoms with Crippen molar-refractivity contribution in [2.75, 3.05) is 38.1 Å². The van der Waals surface area contributed by atoms with Crippen molar-refractivity contribution in [3.63, 3.8) is 0 Å². The number of pyridine rings is 1. The Kier molecular flexibility index (Phi) is 5.62. The lowest BCUT2D eigenvalue weighted by Crippen LogP contribution is -2.44. The average molecular weight is 408 g/mol. The Morgan fingerprint density at radius 3 is 2.60 bits per heavy atom. The SMILES string of the molecule is CN1CCN(c2cc(CNC(=O)Cn3[nH]c(=O)c4ccccc4c3=O)ccn2)CC1. The fourth-order valence-corrected chi connectivity index (χ4v) is 3.54. The highest BCUT2D eigenvalue weighted by molar-refractivity contribution is 5.81. The van der Waals surface area contributed by atoms with Crippen molar-refractivity contribution in [1.82, 2.24) is 25.0 Å². The molecule has 3 aromatic rings. The number of piperazine rings is 1. The topological polar surface area (TPSA) is 103 Å². The van der Waals surface area contributed by atoms with Crippen LogP contribution in [0, 0.1) is 0 Å². The Labute approximate surface area is 172 Å². The second kappa shape index (κ2) is 8.50. The highest BCUT2D eigenvalue weighted by Crippen LogP contribution is 2.14. The first-order valence-corrected chi connectivity index (χ1v) is 9.88. The molecular weight excluding hydrogens is 384 g/mol. The van der Waals surface area contributed by atoms with Crippen molar-refractivity contribution in [1.29, 1.82) is 0 Å². The largest absolute Gasteiger partial charge is 0.354 e. The van der Waals surface area contributed by atoms with Crippen LogP contribution in [0.5, 0.6) is 0 Å². The molecule has 156 valence electrons. The summed E-state index contributed by atoms with van der Waals surface area (Å²) >= 11 is 0. The summed E-state index contributed by atoms with van der Waals surface area (Å²) in [5.41, 5.74) is 0.122. The number of rotatable bonds is 5. The Balaban J connectivity index is 1.42. The Bertz CT molecular complexity index is 1180. The van der Waals surface area contributed by atoms with Crippen LogP contribution in [0.3, 0.4) is 0 Å². The van der Waals surface area contributed by atoms with Crippen LogP contribution in [0.4, 0.5) is 5.82 Å². The Morgan fingerprint density at radius 1 is 1.10 bits per heavy atom. The molecule has 1 saturated heterocycles. The zero-order valence-electron chi connectivity index (χ0n) is 16.8. The van der Waals surface area contributed by atoms with Gasteiger partial charge in [0, 0.05) is 38.9 Å². The predicted molar refractivity (Wildman–Crippen MR) is 115 cm³/mol. The van der Waals surface area contributed by atoms with Gasteiger partial charge in [0.05, 0.1) is 10.8 Å². The van der Waals surface area contributed by atoms with Gasteiger partial charge in [-0.25, -0.2) is 9.67 Å². The van der Waals surface area contributed by atoms with Crippen molar-refractivity contribution in [2.24, 2.45) is 0 Å². The van der Waals surface area contributed by atoms with Gasteiger partial charge in [0.25, 0.3) is 11.1 Å². The van der Waals surface area contributed by atoms with Crippen molar-refractivity contribution in [2.45, 2.75) is 13.1 Å². The lowest BCUT2D eigenvalue weighted by atomic mass is 10.2. The van der Waals surface area contributed by atoms with Crippen LogP contribution in [0.2, 0.25) is 0 Å². The molecule has 0 bridgehead atoms. The number of anilines is 1. The van der Waals surface area contributed by atoms with Gasteiger partial charge in [-0.05, 0) is 36.9 Å². The molecular formula is C21H24N6O3. The minimum Gasteiger partial charge on any atom is -0.354 e. The van der Waals surface area contributed by atoms with Crippen LogP contribution in [0.1, 0.15) is 5.56 Å². The molecule has 2 aromatic heterocycles. The molecule has 30 heavy (non-hydrogen) atoms. The van der Waals surface area contributed by atoms with Gasteiger partial charge in [0.1, 0.15) is 12.4 Å². The van der Waals surface area contributed by atoms with E-state index in [4.69, 9.17) is 0 Å². The van der Waals surface area contributed by atoms with Gasteiger partial charge in [-0.15, -0.1) is 0 Å². The zero-order valence-corrected chi connectivity index (χ0v) is 16.8. The smallest absolute Gasteiger partial charge is 0.273 e. The zero-order chi connectivity index (χ0) is 21.1. The van der Waals surface area contributed by atoms with Crippen LogP contribution in [-0.2, 0) is 17.9 Å². The fraction of sp³-hybridized carbons (Fsp3) is 0.333. The molecule has 4 rings (SSSR count). The number of carbonyl (C=O) groups excluding carboxylic acids is 1. The van der Waals surface area contributed by atoms with E-state index in [1.165, 1.54) is 0 Å². The molecule has 1 aromatic carbocycles. The minimum absolute atomic E-state index is 0.255. The molecule has 0 atom stereocenters. The number of hydrogen-bond donors (Lipinski definition) is 2. The van der Waals surface area contributed by atoms with Gasteiger partial charge >= 0.3 is 0 Å². The number of nitrogens with zero attached hydrogens (tertiary/aromatic N) is 4. The lowest BCUT2D eigenvalue weighted by molar-refractivity contribution is -0.122. The van der Waals surface area contributed by atoms with Gasteiger partial charge in [-0.1, -0.05) is 12.1 Å². The van der Waals surface area contributed by atoms with Gasteiger partial charge in [0.2, 0.25) is 5.91 Å². The van der Waals surface area contributed by atoms with Crippen molar-refractivity contribution < 1.29 is 4.79 Å². The molecule has 2 N–H and O–H groups in total. The van der Waals surface area contributed by atoms with Crippen LogP contribution in [0.15, 0.2) is 52.2 Å². The van der Waals surface area contributed by atoms with Gasteiger partial charge in [-0.2, -0.15) is 0 Å². The van der Waals surface area contributed by atoms with Gasteiger partial charge in [0.15, 0.2) is 0 Å². The van der Waals surface area contributed by atoms with Gasteiger partial charge < -0.3 is 15.1 Å².